The Hall–Kier alpha value is -1.88. The average molecular weight is 223 g/mol. The van der Waals surface area contributed by atoms with Crippen molar-refractivity contribution in [3.8, 4) is 5.75 Å². The molecule has 0 aromatic heterocycles. The molecule has 0 aliphatic heterocycles. The van der Waals surface area contributed by atoms with Crippen molar-refractivity contribution in [3.63, 3.8) is 0 Å². The van der Waals surface area contributed by atoms with Crippen LogP contribution in [0.2, 0.25) is 0 Å². The lowest BCUT2D eigenvalue weighted by atomic mass is 10.2. The molecule has 0 amide bonds. The van der Waals surface area contributed by atoms with Crippen LogP contribution in [0.3, 0.4) is 0 Å². The summed E-state index contributed by atoms with van der Waals surface area (Å²) in [6.45, 7) is 5.03. The van der Waals surface area contributed by atoms with Crippen LogP contribution in [-0.4, -0.2) is 16.1 Å². The Morgan fingerprint density at radius 1 is 1.69 bits per heavy atom. The van der Waals surface area contributed by atoms with Gasteiger partial charge in [0.25, 0.3) is 0 Å². The van der Waals surface area contributed by atoms with Crippen molar-refractivity contribution in [2.45, 2.75) is 19.6 Å². The van der Waals surface area contributed by atoms with Crippen molar-refractivity contribution in [1.82, 2.24) is 0 Å². The van der Waals surface area contributed by atoms with Crippen LogP contribution in [0, 0.1) is 10.1 Å². The number of nitro benzene ring substituents is 1. The van der Waals surface area contributed by atoms with Crippen molar-refractivity contribution in [3.05, 3.63) is 46.5 Å². The quantitative estimate of drug-likeness (QED) is 0.471. The van der Waals surface area contributed by atoms with E-state index in [0.717, 1.165) is 0 Å². The van der Waals surface area contributed by atoms with Crippen LogP contribution < -0.4 is 4.74 Å². The molecule has 0 fully saturated rings. The highest BCUT2D eigenvalue weighted by atomic mass is 16.6. The Balaban J connectivity index is 3.07. The Morgan fingerprint density at radius 3 is 2.88 bits per heavy atom. The van der Waals surface area contributed by atoms with E-state index in [2.05, 4.69) is 6.58 Å². The van der Waals surface area contributed by atoms with Gasteiger partial charge in [-0.05, 0) is 18.6 Å². The number of ether oxygens (including phenoxy) is 1. The number of aliphatic hydroxyl groups is 1. The minimum absolute atomic E-state index is 0.153. The summed E-state index contributed by atoms with van der Waals surface area (Å²) < 4.78 is 5.31. The van der Waals surface area contributed by atoms with Crippen LogP contribution in [0.25, 0.3) is 0 Å². The molecule has 0 aliphatic carbocycles. The molecule has 0 saturated carbocycles. The van der Waals surface area contributed by atoms with Crippen LogP contribution in [0.4, 0.5) is 5.69 Å². The molecular weight excluding hydrogens is 210 g/mol. The van der Waals surface area contributed by atoms with Crippen LogP contribution >= 0.6 is 0 Å². The first-order valence-corrected chi connectivity index (χ1v) is 4.76. The fourth-order valence-corrected chi connectivity index (χ4v) is 1.15. The van der Waals surface area contributed by atoms with E-state index in [1.54, 1.807) is 19.1 Å². The molecule has 1 aromatic carbocycles. The Labute approximate surface area is 93.1 Å². The van der Waals surface area contributed by atoms with Gasteiger partial charge in [0.05, 0.1) is 11.5 Å². The zero-order valence-electron chi connectivity index (χ0n) is 8.92. The van der Waals surface area contributed by atoms with Crippen molar-refractivity contribution >= 4 is 5.69 Å². The molecule has 0 spiro atoms. The predicted octanol–water partition coefficient (Wildman–Crippen LogP) is 2.04. The molecule has 0 radical (unpaired) electrons. The lowest BCUT2D eigenvalue weighted by Gasteiger charge is -2.10. The molecular formula is C11H13NO4. The summed E-state index contributed by atoms with van der Waals surface area (Å²) in [4.78, 5) is 10.2. The van der Waals surface area contributed by atoms with Crippen LogP contribution in [0.15, 0.2) is 30.9 Å². The molecule has 1 unspecified atom stereocenters. The van der Waals surface area contributed by atoms with E-state index in [0.29, 0.717) is 5.56 Å². The molecule has 0 saturated heterocycles. The summed E-state index contributed by atoms with van der Waals surface area (Å²) in [6, 6.07) is 4.35. The van der Waals surface area contributed by atoms with E-state index in [9.17, 15) is 10.1 Å². The molecule has 5 nitrogen and oxygen atoms in total. The number of hydrogen-bond acceptors (Lipinski definition) is 4. The molecule has 5 heteroatoms. The lowest BCUT2D eigenvalue weighted by molar-refractivity contribution is -0.386. The molecule has 1 rings (SSSR count). The van der Waals surface area contributed by atoms with Gasteiger partial charge in [-0.1, -0.05) is 18.7 Å². The fraction of sp³-hybridized carbons (Fsp3) is 0.273. The zero-order chi connectivity index (χ0) is 12.1. The number of aliphatic hydroxyl groups excluding tert-OH is 1. The molecule has 1 atom stereocenters. The van der Waals surface area contributed by atoms with Gasteiger partial charge >= 0.3 is 5.69 Å². The minimum Gasteiger partial charge on any atom is -0.480 e. The Morgan fingerprint density at radius 2 is 2.38 bits per heavy atom. The molecule has 0 aliphatic rings. The number of nitrogens with zero attached hydrogens (tertiary/aromatic N) is 1. The highest BCUT2D eigenvalue weighted by Gasteiger charge is 2.16. The zero-order valence-corrected chi connectivity index (χ0v) is 8.92. The average Bonchev–Trinajstić information content (AvgIpc) is 2.29. The number of benzene rings is 1. The fourth-order valence-electron chi connectivity index (χ4n) is 1.15. The molecule has 16 heavy (non-hydrogen) atoms. The lowest BCUT2D eigenvalue weighted by Crippen LogP contribution is -2.09. The third-order valence-corrected chi connectivity index (χ3v) is 2.05. The summed E-state index contributed by atoms with van der Waals surface area (Å²) in [7, 11) is 0. The van der Waals surface area contributed by atoms with Crippen LogP contribution in [0.1, 0.15) is 12.5 Å². The standard InChI is InChI=1S/C11H13NO4/c1-3-8(2)16-11-5-4-9(7-13)6-10(11)12(14)15/h3-6,8,13H,1,7H2,2H3. The summed E-state index contributed by atoms with van der Waals surface area (Å²) in [5.41, 5.74) is 0.325. The Kier molecular flexibility index (Phi) is 4.02. The van der Waals surface area contributed by atoms with Crippen molar-refractivity contribution in [2.24, 2.45) is 0 Å². The van der Waals surface area contributed by atoms with Gasteiger partial charge in [-0.25, -0.2) is 0 Å². The molecule has 0 bridgehead atoms. The SMILES string of the molecule is C=CC(C)Oc1ccc(CO)cc1[N+](=O)[O-]. The topological polar surface area (TPSA) is 72.6 Å². The van der Waals surface area contributed by atoms with Gasteiger partial charge in [-0.3, -0.25) is 10.1 Å². The largest absolute Gasteiger partial charge is 0.480 e. The van der Waals surface area contributed by atoms with Gasteiger partial charge in [0.15, 0.2) is 5.75 Å². The second-order valence-electron chi connectivity index (χ2n) is 3.28. The maximum atomic E-state index is 10.8. The van der Waals surface area contributed by atoms with Gasteiger partial charge < -0.3 is 9.84 Å². The highest BCUT2D eigenvalue weighted by molar-refractivity contribution is 5.48. The smallest absolute Gasteiger partial charge is 0.311 e. The van der Waals surface area contributed by atoms with Crippen molar-refractivity contribution in [1.29, 1.82) is 0 Å². The number of hydrogen-bond donors (Lipinski definition) is 1. The van der Waals surface area contributed by atoms with Crippen molar-refractivity contribution < 1.29 is 14.8 Å². The molecule has 0 heterocycles. The molecule has 1 N–H and O–H groups in total. The normalized spacial score (nSPS) is 11.9. The molecule has 86 valence electrons. The Bertz CT molecular complexity index is 403. The third-order valence-electron chi connectivity index (χ3n) is 2.05. The third kappa shape index (κ3) is 2.80. The first-order valence-electron chi connectivity index (χ1n) is 4.76. The summed E-state index contributed by atoms with van der Waals surface area (Å²) in [5, 5.41) is 19.7. The maximum Gasteiger partial charge on any atom is 0.311 e. The van der Waals surface area contributed by atoms with Gasteiger partial charge in [0, 0.05) is 6.07 Å². The second kappa shape index (κ2) is 5.27. The second-order valence-corrected chi connectivity index (χ2v) is 3.28. The van der Waals surface area contributed by atoms with Crippen LogP contribution in [-0.2, 0) is 6.61 Å². The van der Waals surface area contributed by atoms with E-state index in [1.807, 2.05) is 0 Å². The van der Waals surface area contributed by atoms with Gasteiger partial charge in [0.1, 0.15) is 6.10 Å². The van der Waals surface area contributed by atoms with E-state index in [-0.39, 0.29) is 24.1 Å². The van der Waals surface area contributed by atoms with E-state index >= 15 is 0 Å². The summed E-state index contributed by atoms with van der Waals surface area (Å²) in [5.74, 6) is 0.176. The van der Waals surface area contributed by atoms with Gasteiger partial charge in [-0.2, -0.15) is 0 Å². The summed E-state index contributed by atoms with van der Waals surface area (Å²) in [6.07, 6.45) is 1.24. The van der Waals surface area contributed by atoms with E-state index in [4.69, 9.17) is 9.84 Å². The predicted molar refractivity (Wildman–Crippen MR) is 59.3 cm³/mol. The number of rotatable bonds is 5. The van der Waals surface area contributed by atoms with E-state index < -0.39 is 4.92 Å². The first kappa shape index (κ1) is 12.2. The monoisotopic (exact) mass is 223 g/mol. The first-order chi connectivity index (χ1) is 7.58. The maximum absolute atomic E-state index is 10.8. The van der Waals surface area contributed by atoms with Crippen molar-refractivity contribution in [2.75, 3.05) is 0 Å². The summed E-state index contributed by atoms with van der Waals surface area (Å²) >= 11 is 0. The van der Waals surface area contributed by atoms with Gasteiger partial charge in [0.2, 0.25) is 0 Å². The molecule has 1 aromatic rings. The van der Waals surface area contributed by atoms with Crippen LogP contribution in [0.5, 0.6) is 5.75 Å². The van der Waals surface area contributed by atoms with E-state index in [1.165, 1.54) is 12.1 Å². The minimum atomic E-state index is -0.537. The number of nitro groups is 1. The van der Waals surface area contributed by atoms with Gasteiger partial charge in [-0.15, -0.1) is 0 Å². The highest BCUT2D eigenvalue weighted by Crippen LogP contribution is 2.28.